The van der Waals surface area contributed by atoms with Crippen LogP contribution in [-0.4, -0.2) is 31.5 Å². The van der Waals surface area contributed by atoms with Crippen LogP contribution in [0, 0.1) is 5.82 Å². The standard InChI is InChI=1S/C17H24BFO3/c1-16(2)17(3,4)22-18(21-16)14-9-13(10-15(19)11-14)12-5-7-20-8-6-12/h9-12H,5-8H2,1-4H3. The molecular weight excluding hydrogens is 282 g/mol. The Labute approximate surface area is 132 Å². The highest BCUT2D eigenvalue weighted by atomic mass is 19.1. The van der Waals surface area contributed by atoms with E-state index in [1.165, 1.54) is 6.07 Å². The maximum atomic E-state index is 14.1. The van der Waals surface area contributed by atoms with Gasteiger partial charge in [-0.1, -0.05) is 6.07 Å². The molecule has 3 rings (SSSR count). The second-order valence-corrected chi connectivity index (χ2v) is 7.29. The molecule has 0 unspecified atom stereocenters. The fraction of sp³-hybridized carbons (Fsp3) is 0.647. The predicted octanol–water partition coefficient (Wildman–Crippen LogP) is 3.02. The molecule has 2 saturated heterocycles. The van der Waals surface area contributed by atoms with Gasteiger partial charge >= 0.3 is 7.12 Å². The van der Waals surface area contributed by atoms with Gasteiger partial charge in [0.1, 0.15) is 5.82 Å². The minimum Gasteiger partial charge on any atom is -0.399 e. The molecule has 2 fully saturated rings. The van der Waals surface area contributed by atoms with E-state index < -0.39 is 18.3 Å². The van der Waals surface area contributed by atoms with Crippen molar-refractivity contribution in [1.29, 1.82) is 0 Å². The van der Waals surface area contributed by atoms with Crippen molar-refractivity contribution >= 4 is 12.6 Å². The molecule has 2 aliphatic heterocycles. The van der Waals surface area contributed by atoms with E-state index in [1.54, 1.807) is 6.07 Å². The second-order valence-electron chi connectivity index (χ2n) is 7.29. The van der Waals surface area contributed by atoms with Crippen LogP contribution in [0.25, 0.3) is 0 Å². The first-order valence-electron chi connectivity index (χ1n) is 8.02. The summed E-state index contributed by atoms with van der Waals surface area (Å²) in [4.78, 5) is 0. The van der Waals surface area contributed by atoms with Crippen molar-refractivity contribution < 1.29 is 18.4 Å². The van der Waals surface area contributed by atoms with Crippen LogP contribution < -0.4 is 5.46 Å². The van der Waals surface area contributed by atoms with E-state index in [0.717, 1.165) is 37.1 Å². The Morgan fingerprint density at radius 3 is 2.18 bits per heavy atom. The van der Waals surface area contributed by atoms with E-state index in [1.807, 2.05) is 33.8 Å². The average molecular weight is 306 g/mol. The van der Waals surface area contributed by atoms with Gasteiger partial charge in [-0.25, -0.2) is 4.39 Å². The van der Waals surface area contributed by atoms with Gasteiger partial charge < -0.3 is 14.0 Å². The molecule has 0 N–H and O–H groups in total. The lowest BCUT2D eigenvalue weighted by Gasteiger charge is -2.32. The zero-order valence-electron chi connectivity index (χ0n) is 13.8. The van der Waals surface area contributed by atoms with Gasteiger partial charge in [-0.3, -0.25) is 0 Å². The highest BCUT2D eigenvalue weighted by Crippen LogP contribution is 2.37. The Kier molecular flexibility index (Phi) is 4.08. The summed E-state index contributed by atoms with van der Waals surface area (Å²) in [7, 11) is -0.515. The van der Waals surface area contributed by atoms with Crippen LogP contribution in [0.15, 0.2) is 18.2 Å². The SMILES string of the molecule is CC1(C)OB(c2cc(F)cc(C3CCOCC3)c2)OC1(C)C. The third-order valence-corrected chi connectivity index (χ3v) is 5.16. The average Bonchev–Trinajstić information content (AvgIpc) is 2.68. The van der Waals surface area contributed by atoms with Crippen molar-refractivity contribution in [2.24, 2.45) is 0 Å². The Hall–Kier alpha value is -0.905. The van der Waals surface area contributed by atoms with Crippen molar-refractivity contribution in [3.63, 3.8) is 0 Å². The summed E-state index contributed by atoms with van der Waals surface area (Å²) in [5, 5.41) is 0. The quantitative estimate of drug-likeness (QED) is 0.786. The maximum Gasteiger partial charge on any atom is 0.494 e. The minimum atomic E-state index is -0.515. The zero-order chi connectivity index (χ0) is 16.0. The first kappa shape index (κ1) is 16.0. The normalized spacial score (nSPS) is 24.7. The fourth-order valence-corrected chi connectivity index (χ4v) is 3.02. The van der Waals surface area contributed by atoms with Gasteiger partial charge in [-0.2, -0.15) is 0 Å². The van der Waals surface area contributed by atoms with Gasteiger partial charge in [0, 0.05) is 13.2 Å². The highest BCUT2D eigenvalue weighted by molar-refractivity contribution is 6.62. The molecule has 0 aromatic heterocycles. The Balaban J connectivity index is 1.87. The van der Waals surface area contributed by atoms with Crippen LogP contribution in [-0.2, 0) is 14.0 Å². The van der Waals surface area contributed by atoms with Crippen LogP contribution in [0.2, 0.25) is 0 Å². The Morgan fingerprint density at radius 2 is 1.59 bits per heavy atom. The summed E-state index contributed by atoms with van der Waals surface area (Å²) in [6.45, 7) is 9.51. The summed E-state index contributed by atoms with van der Waals surface area (Å²) in [5.74, 6) is 0.124. The lowest BCUT2D eigenvalue weighted by Crippen LogP contribution is -2.41. The molecular formula is C17H24BFO3. The van der Waals surface area contributed by atoms with Crippen molar-refractivity contribution in [3.8, 4) is 0 Å². The molecule has 0 atom stereocenters. The molecule has 1 aromatic rings. The topological polar surface area (TPSA) is 27.7 Å². The summed E-state index contributed by atoms with van der Waals surface area (Å²) in [6.07, 6.45) is 1.87. The van der Waals surface area contributed by atoms with Crippen molar-refractivity contribution in [2.45, 2.75) is 57.7 Å². The van der Waals surface area contributed by atoms with Crippen LogP contribution >= 0.6 is 0 Å². The number of rotatable bonds is 2. The maximum absolute atomic E-state index is 14.1. The van der Waals surface area contributed by atoms with E-state index in [9.17, 15) is 4.39 Å². The molecule has 0 saturated carbocycles. The van der Waals surface area contributed by atoms with Gasteiger partial charge in [0.05, 0.1) is 11.2 Å². The third kappa shape index (κ3) is 2.94. The van der Waals surface area contributed by atoms with Gasteiger partial charge in [0.25, 0.3) is 0 Å². The second kappa shape index (κ2) is 5.62. The van der Waals surface area contributed by atoms with E-state index in [0.29, 0.717) is 5.92 Å². The Morgan fingerprint density at radius 1 is 1.00 bits per heavy atom. The highest BCUT2D eigenvalue weighted by Gasteiger charge is 2.51. The number of hydrogen-bond acceptors (Lipinski definition) is 3. The van der Waals surface area contributed by atoms with Gasteiger partial charge in [-0.15, -0.1) is 0 Å². The summed E-state index contributed by atoms with van der Waals surface area (Å²) < 4.78 is 31.5. The first-order valence-corrected chi connectivity index (χ1v) is 8.02. The van der Waals surface area contributed by atoms with Crippen LogP contribution in [0.4, 0.5) is 4.39 Å². The molecule has 1 aromatic carbocycles. The lowest BCUT2D eigenvalue weighted by atomic mass is 9.76. The smallest absolute Gasteiger partial charge is 0.399 e. The third-order valence-electron chi connectivity index (χ3n) is 5.16. The summed E-state index contributed by atoms with van der Waals surface area (Å²) >= 11 is 0. The van der Waals surface area contributed by atoms with Crippen LogP contribution in [0.3, 0.4) is 0 Å². The van der Waals surface area contributed by atoms with Crippen LogP contribution in [0.1, 0.15) is 52.0 Å². The molecule has 0 aliphatic carbocycles. The monoisotopic (exact) mass is 306 g/mol. The van der Waals surface area contributed by atoms with E-state index >= 15 is 0 Å². The minimum absolute atomic E-state index is 0.228. The molecule has 120 valence electrons. The number of hydrogen-bond donors (Lipinski definition) is 0. The number of halogens is 1. The lowest BCUT2D eigenvalue weighted by molar-refractivity contribution is 0.00578. The predicted molar refractivity (Wildman–Crippen MR) is 84.9 cm³/mol. The largest absolute Gasteiger partial charge is 0.494 e. The number of ether oxygens (including phenoxy) is 1. The number of benzene rings is 1. The summed E-state index contributed by atoms with van der Waals surface area (Å²) in [6, 6.07) is 5.18. The van der Waals surface area contributed by atoms with E-state index in [-0.39, 0.29) is 5.82 Å². The molecule has 0 amide bonds. The summed E-state index contributed by atoms with van der Waals surface area (Å²) in [5.41, 5.74) is 0.958. The molecule has 22 heavy (non-hydrogen) atoms. The molecule has 0 bridgehead atoms. The van der Waals surface area contributed by atoms with Crippen molar-refractivity contribution in [1.82, 2.24) is 0 Å². The zero-order valence-corrected chi connectivity index (χ0v) is 13.8. The van der Waals surface area contributed by atoms with E-state index in [4.69, 9.17) is 14.0 Å². The Bertz CT molecular complexity index is 537. The van der Waals surface area contributed by atoms with Crippen molar-refractivity contribution in [3.05, 3.63) is 29.6 Å². The first-order chi connectivity index (χ1) is 10.3. The molecule has 0 radical (unpaired) electrons. The molecule has 0 spiro atoms. The van der Waals surface area contributed by atoms with Gasteiger partial charge in [0.2, 0.25) is 0 Å². The molecule has 3 nitrogen and oxygen atoms in total. The molecule has 2 aliphatic rings. The van der Waals surface area contributed by atoms with Gasteiger partial charge in [0.15, 0.2) is 0 Å². The van der Waals surface area contributed by atoms with Crippen molar-refractivity contribution in [2.75, 3.05) is 13.2 Å². The molecule has 5 heteroatoms. The molecule has 2 heterocycles. The van der Waals surface area contributed by atoms with Crippen LogP contribution in [0.5, 0.6) is 0 Å². The fourth-order valence-electron chi connectivity index (χ4n) is 3.02. The van der Waals surface area contributed by atoms with Gasteiger partial charge in [-0.05, 0) is 69.6 Å². The van der Waals surface area contributed by atoms with E-state index in [2.05, 4.69) is 0 Å².